The fourth-order valence-corrected chi connectivity index (χ4v) is 1.59. The van der Waals surface area contributed by atoms with Crippen molar-refractivity contribution in [3.63, 3.8) is 0 Å². The lowest BCUT2D eigenvalue weighted by Crippen LogP contribution is -2.50. The third-order valence-electron chi connectivity index (χ3n) is 2.54. The highest BCUT2D eigenvalue weighted by Gasteiger charge is 2.22. The van der Waals surface area contributed by atoms with Crippen LogP contribution in [0.15, 0.2) is 5.16 Å². The topological polar surface area (TPSA) is 76.4 Å². The summed E-state index contributed by atoms with van der Waals surface area (Å²) in [6, 6.07) is 0. The number of hydrogen-bond donors (Lipinski definition) is 2. The van der Waals surface area contributed by atoms with Gasteiger partial charge in [-0.05, 0) is 6.92 Å². The fourth-order valence-electron chi connectivity index (χ4n) is 1.59. The average Bonchev–Trinajstić information content (AvgIpc) is 2.28. The van der Waals surface area contributed by atoms with Crippen LogP contribution in [0, 0.1) is 0 Å². The second-order valence-corrected chi connectivity index (χ2v) is 3.54. The molecule has 0 aliphatic carbocycles. The Balaban J connectivity index is 2.40. The van der Waals surface area contributed by atoms with Gasteiger partial charge in [-0.3, -0.25) is 9.69 Å². The third kappa shape index (κ3) is 3.17. The van der Waals surface area contributed by atoms with Crippen molar-refractivity contribution in [1.29, 1.82) is 0 Å². The van der Waals surface area contributed by atoms with Gasteiger partial charge in [0, 0.05) is 32.7 Å². The number of nitrogens with zero attached hydrogens (tertiary/aromatic N) is 3. The molecular formula is C9H17N3O3. The average molecular weight is 215 g/mol. The molecule has 6 nitrogen and oxygen atoms in total. The van der Waals surface area contributed by atoms with Crippen LogP contribution >= 0.6 is 0 Å². The summed E-state index contributed by atoms with van der Waals surface area (Å²) in [5, 5.41) is 20.1. The highest BCUT2D eigenvalue weighted by Crippen LogP contribution is 2.02. The molecule has 0 atom stereocenters. The van der Waals surface area contributed by atoms with Gasteiger partial charge in [-0.2, -0.15) is 0 Å². The van der Waals surface area contributed by atoms with E-state index in [-0.39, 0.29) is 18.2 Å². The van der Waals surface area contributed by atoms with Crippen LogP contribution in [-0.4, -0.2) is 71.1 Å². The zero-order valence-corrected chi connectivity index (χ0v) is 8.89. The van der Waals surface area contributed by atoms with Crippen molar-refractivity contribution < 1.29 is 15.1 Å². The van der Waals surface area contributed by atoms with Crippen LogP contribution in [0.3, 0.4) is 0 Å². The fraction of sp³-hybridized carbons (Fsp3) is 0.778. The van der Waals surface area contributed by atoms with E-state index in [2.05, 4.69) is 10.1 Å². The van der Waals surface area contributed by atoms with Gasteiger partial charge in [0.1, 0.15) is 5.71 Å². The predicted molar refractivity (Wildman–Crippen MR) is 55.0 cm³/mol. The first-order valence-electron chi connectivity index (χ1n) is 5.00. The van der Waals surface area contributed by atoms with Crippen molar-refractivity contribution in [2.45, 2.75) is 6.92 Å². The number of hydrogen-bond acceptors (Lipinski definition) is 5. The third-order valence-corrected chi connectivity index (χ3v) is 2.54. The van der Waals surface area contributed by atoms with E-state index in [4.69, 9.17) is 10.3 Å². The Morgan fingerprint density at radius 3 is 2.40 bits per heavy atom. The Labute approximate surface area is 88.8 Å². The van der Waals surface area contributed by atoms with Gasteiger partial charge in [0.15, 0.2) is 0 Å². The minimum absolute atomic E-state index is 0.116. The van der Waals surface area contributed by atoms with Crippen LogP contribution < -0.4 is 0 Å². The Kier molecular flexibility index (Phi) is 4.51. The maximum absolute atomic E-state index is 11.6. The summed E-state index contributed by atoms with van der Waals surface area (Å²) >= 11 is 0. The molecule has 0 spiro atoms. The van der Waals surface area contributed by atoms with Crippen LogP contribution in [0.5, 0.6) is 0 Å². The second kappa shape index (κ2) is 5.67. The normalized spacial score (nSPS) is 19.3. The van der Waals surface area contributed by atoms with Gasteiger partial charge in [-0.1, -0.05) is 5.16 Å². The molecule has 0 aromatic rings. The molecule has 1 fully saturated rings. The van der Waals surface area contributed by atoms with Crippen molar-refractivity contribution in [3.05, 3.63) is 0 Å². The molecule has 1 aliphatic rings. The number of amides is 1. The highest BCUT2D eigenvalue weighted by atomic mass is 16.4. The van der Waals surface area contributed by atoms with Crippen molar-refractivity contribution >= 4 is 11.6 Å². The monoisotopic (exact) mass is 215 g/mol. The van der Waals surface area contributed by atoms with E-state index in [0.717, 1.165) is 13.1 Å². The zero-order valence-electron chi connectivity index (χ0n) is 8.89. The number of carbonyl (C=O) groups excluding carboxylic acids is 1. The number of aliphatic hydroxyl groups is 1. The van der Waals surface area contributed by atoms with E-state index in [0.29, 0.717) is 19.6 Å². The molecule has 0 aromatic carbocycles. The molecule has 1 heterocycles. The van der Waals surface area contributed by atoms with Gasteiger partial charge < -0.3 is 15.2 Å². The van der Waals surface area contributed by atoms with Gasteiger partial charge >= 0.3 is 0 Å². The zero-order chi connectivity index (χ0) is 11.3. The molecule has 86 valence electrons. The first kappa shape index (κ1) is 11.9. The largest absolute Gasteiger partial charge is 0.410 e. The van der Waals surface area contributed by atoms with E-state index in [9.17, 15) is 4.79 Å². The van der Waals surface area contributed by atoms with E-state index < -0.39 is 0 Å². The maximum atomic E-state index is 11.6. The molecule has 0 radical (unpaired) electrons. The van der Waals surface area contributed by atoms with Gasteiger partial charge in [0.05, 0.1) is 6.61 Å². The maximum Gasteiger partial charge on any atom is 0.271 e. The number of carbonyl (C=O) groups is 1. The van der Waals surface area contributed by atoms with Crippen molar-refractivity contribution in [2.75, 3.05) is 39.3 Å². The second-order valence-electron chi connectivity index (χ2n) is 3.54. The van der Waals surface area contributed by atoms with E-state index in [1.807, 2.05) is 0 Å². The quantitative estimate of drug-likeness (QED) is 0.359. The Bertz CT molecular complexity index is 247. The van der Waals surface area contributed by atoms with E-state index in [1.54, 1.807) is 4.90 Å². The molecule has 6 heteroatoms. The van der Waals surface area contributed by atoms with Gasteiger partial charge in [-0.15, -0.1) is 0 Å². The lowest BCUT2D eigenvalue weighted by Gasteiger charge is -2.34. The molecule has 1 saturated heterocycles. The molecule has 1 aliphatic heterocycles. The van der Waals surface area contributed by atoms with Crippen LogP contribution in [0.4, 0.5) is 0 Å². The smallest absolute Gasteiger partial charge is 0.271 e. The molecule has 2 N–H and O–H groups in total. The van der Waals surface area contributed by atoms with Crippen LogP contribution in [0.2, 0.25) is 0 Å². The van der Waals surface area contributed by atoms with Crippen LogP contribution in [-0.2, 0) is 4.79 Å². The molecular weight excluding hydrogens is 198 g/mol. The lowest BCUT2D eigenvalue weighted by molar-refractivity contribution is -0.126. The summed E-state index contributed by atoms with van der Waals surface area (Å²) in [6.07, 6.45) is 0. The first-order chi connectivity index (χ1) is 7.19. The van der Waals surface area contributed by atoms with Crippen LogP contribution in [0.1, 0.15) is 6.92 Å². The van der Waals surface area contributed by atoms with Gasteiger partial charge in [-0.25, -0.2) is 0 Å². The molecule has 0 unspecified atom stereocenters. The summed E-state index contributed by atoms with van der Waals surface area (Å²) in [6.45, 7) is 5.02. The molecule has 15 heavy (non-hydrogen) atoms. The number of rotatable bonds is 3. The molecule has 0 saturated carbocycles. The SMILES string of the molecule is CC(=NO)C(=O)N1CCN(CCO)CC1. The van der Waals surface area contributed by atoms with Crippen molar-refractivity contribution in [1.82, 2.24) is 9.80 Å². The van der Waals surface area contributed by atoms with Crippen molar-refractivity contribution in [2.24, 2.45) is 5.16 Å². The molecule has 1 rings (SSSR count). The van der Waals surface area contributed by atoms with Gasteiger partial charge in [0.25, 0.3) is 5.91 Å². The Morgan fingerprint density at radius 1 is 1.33 bits per heavy atom. The summed E-state index contributed by atoms with van der Waals surface area (Å²) in [4.78, 5) is 15.3. The summed E-state index contributed by atoms with van der Waals surface area (Å²) in [7, 11) is 0. The number of piperazine rings is 1. The summed E-state index contributed by atoms with van der Waals surface area (Å²) in [5.41, 5.74) is 0.116. The van der Waals surface area contributed by atoms with E-state index >= 15 is 0 Å². The molecule has 0 bridgehead atoms. The number of β-amino-alcohol motifs (C(OH)–C–C–N with tert-alkyl or cyclic N) is 1. The molecule has 0 aromatic heterocycles. The van der Waals surface area contributed by atoms with Crippen LogP contribution in [0.25, 0.3) is 0 Å². The minimum atomic E-state index is -0.221. The standard InChI is InChI=1S/C9H17N3O3/c1-8(10-15)9(14)12-4-2-11(3-5-12)6-7-13/h13,15H,2-7H2,1H3. The van der Waals surface area contributed by atoms with Crippen molar-refractivity contribution in [3.8, 4) is 0 Å². The lowest BCUT2D eigenvalue weighted by atomic mass is 10.2. The summed E-state index contributed by atoms with van der Waals surface area (Å²) < 4.78 is 0. The summed E-state index contributed by atoms with van der Waals surface area (Å²) in [5.74, 6) is -0.221. The van der Waals surface area contributed by atoms with Gasteiger partial charge in [0.2, 0.25) is 0 Å². The first-order valence-corrected chi connectivity index (χ1v) is 5.00. The predicted octanol–water partition coefficient (Wildman–Crippen LogP) is -1.03. The molecule has 1 amide bonds. The minimum Gasteiger partial charge on any atom is -0.410 e. The van der Waals surface area contributed by atoms with E-state index in [1.165, 1.54) is 6.92 Å². The Hall–Kier alpha value is -1.14. The number of oxime groups is 1. The number of aliphatic hydroxyl groups excluding tert-OH is 1. The highest BCUT2D eigenvalue weighted by molar-refractivity contribution is 6.37. The Morgan fingerprint density at radius 2 is 1.93 bits per heavy atom.